The number of hydrogen-bond acceptors (Lipinski definition) is 4. The lowest BCUT2D eigenvalue weighted by Crippen LogP contribution is -2.28. The second-order valence-corrected chi connectivity index (χ2v) is 3.39. The van der Waals surface area contributed by atoms with Crippen LogP contribution in [0.1, 0.15) is 11.8 Å². The number of anilines is 1. The average Bonchev–Trinajstić information content (AvgIpc) is 2.74. The van der Waals surface area contributed by atoms with E-state index >= 15 is 0 Å². The first kappa shape index (κ1) is 11.1. The van der Waals surface area contributed by atoms with Crippen molar-refractivity contribution in [2.75, 3.05) is 5.32 Å². The van der Waals surface area contributed by atoms with Crippen LogP contribution in [0.25, 0.3) is 0 Å². The molecular formula is C11H12N4O2. The standard InChI is InChI=1S/C11H12N4O2/c1-8-14-15-10(17-8)7-12-11(16)13-9-5-3-2-4-6-9/h2-6H,7H2,1H3,(H2,12,13,16). The molecule has 6 nitrogen and oxygen atoms in total. The van der Waals surface area contributed by atoms with Gasteiger partial charge in [0.25, 0.3) is 0 Å². The Morgan fingerprint density at radius 1 is 1.29 bits per heavy atom. The van der Waals surface area contributed by atoms with Gasteiger partial charge in [-0.05, 0) is 12.1 Å². The molecule has 6 heteroatoms. The van der Waals surface area contributed by atoms with Gasteiger partial charge >= 0.3 is 6.03 Å². The van der Waals surface area contributed by atoms with E-state index in [4.69, 9.17) is 4.42 Å². The smallest absolute Gasteiger partial charge is 0.319 e. The van der Waals surface area contributed by atoms with Crippen LogP contribution in [0.4, 0.5) is 10.5 Å². The number of benzene rings is 1. The molecule has 17 heavy (non-hydrogen) atoms. The lowest BCUT2D eigenvalue weighted by atomic mass is 10.3. The maximum atomic E-state index is 11.5. The van der Waals surface area contributed by atoms with E-state index in [-0.39, 0.29) is 12.6 Å². The fourth-order valence-electron chi connectivity index (χ4n) is 1.26. The molecule has 0 radical (unpaired) electrons. The molecule has 0 saturated carbocycles. The van der Waals surface area contributed by atoms with E-state index in [1.54, 1.807) is 19.1 Å². The summed E-state index contributed by atoms with van der Waals surface area (Å²) in [7, 11) is 0. The molecule has 0 atom stereocenters. The molecule has 0 aliphatic carbocycles. The molecule has 1 aromatic heterocycles. The normalized spacial score (nSPS) is 9.94. The number of urea groups is 1. The summed E-state index contributed by atoms with van der Waals surface area (Å²) in [5.41, 5.74) is 0.728. The number of nitrogens with zero attached hydrogens (tertiary/aromatic N) is 2. The van der Waals surface area contributed by atoms with Gasteiger partial charge in [-0.15, -0.1) is 10.2 Å². The summed E-state index contributed by atoms with van der Waals surface area (Å²) in [5, 5.41) is 12.7. The van der Waals surface area contributed by atoms with Gasteiger partial charge in [-0.1, -0.05) is 18.2 Å². The quantitative estimate of drug-likeness (QED) is 0.844. The van der Waals surface area contributed by atoms with E-state index in [2.05, 4.69) is 20.8 Å². The number of amides is 2. The summed E-state index contributed by atoms with van der Waals surface area (Å²) in [4.78, 5) is 11.5. The summed E-state index contributed by atoms with van der Waals surface area (Å²) >= 11 is 0. The Morgan fingerprint density at radius 2 is 2.06 bits per heavy atom. The molecule has 0 bridgehead atoms. The largest absolute Gasteiger partial charge is 0.424 e. The Labute approximate surface area is 98.0 Å². The number of para-hydroxylation sites is 1. The Kier molecular flexibility index (Phi) is 3.34. The molecule has 0 aliphatic heterocycles. The van der Waals surface area contributed by atoms with Gasteiger partial charge in [0.15, 0.2) is 0 Å². The van der Waals surface area contributed by atoms with Gasteiger partial charge in [-0.25, -0.2) is 4.79 Å². The molecular weight excluding hydrogens is 220 g/mol. The van der Waals surface area contributed by atoms with Crippen LogP contribution in [0.3, 0.4) is 0 Å². The Bertz CT molecular complexity index is 495. The van der Waals surface area contributed by atoms with Crippen molar-refractivity contribution in [3.8, 4) is 0 Å². The lowest BCUT2D eigenvalue weighted by Gasteiger charge is -2.05. The van der Waals surface area contributed by atoms with Crippen molar-refractivity contribution in [1.29, 1.82) is 0 Å². The van der Waals surface area contributed by atoms with Crippen LogP contribution in [0.5, 0.6) is 0 Å². The van der Waals surface area contributed by atoms with Crippen LogP contribution >= 0.6 is 0 Å². The van der Waals surface area contributed by atoms with Crippen molar-refractivity contribution in [1.82, 2.24) is 15.5 Å². The highest BCUT2D eigenvalue weighted by Gasteiger charge is 2.05. The second kappa shape index (κ2) is 5.11. The number of nitrogens with one attached hydrogen (secondary N) is 2. The van der Waals surface area contributed by atoms with E-state index in [1.807, 2.05) is 18.2 Å². The van der Waals surface area contributed by atoms with Gasteiger partial charge < -0.3 is 15.1 Å². The first-order valence-electron chi connectivity index (χ1n) is 5.13. The Morgan fingerprint density at radius 3 is 2.71 bits per heavy atom. The lowest BCUT2D eigenvalue weighted by molar-refractivity contribution is 0.250. The summed E-state index contributed by atoms with van der Waals surface area (Å²) in [5.74, 6) is 0.857. The fourth-order valence-corrected chi connectivity index (χ4v) is 1.26. The molecule has 1 aromatic carbocycles. The summed E-state index contributed by atoms with van der Waals surface area (Å²) in [6.07, 6.45) is 0. The van der Waals surface area contributed by atoms with Crippen molar-refractivity contribution in [3.05, 3.63) is 42.1 Å². The maximum absolute atomic E-state index is 11.5. The van der Waals surface area contributed by atoms with Gasteiger partial charge in [-0.2, -0.15) is 0 Å². The van der Waals surface area contributed by atoms with E-state index < -0.39 is 0 Å². The van der Waals surface area contributed by atoms with Gasteiger partial charge in [0.2, 0.25) is 11.8 Å². The van der Waals surface area contributed by atoms with Crippen molar-refractivity contribution >= 4 is 11.7 Å². The third-order valence-corrected chi connectivity index (χ3v) is 2.00. The zero-order chi connectivity index (χ0) is 12.1. The van der Waals surface area contributed by atoms with E-state index in [1.165, 1.54) is 0 Å². The fraction of sp³-hybridized carbons (Fsp3) is 0.182. The highest BCUT2D eigenvalue weighted by atomic mass is 16.4. The summed E-state index contributed by atoms with van der Waals surface area (Å²) < 4.78 is 5.12. The zero-order valence-electron chi connectivity index (χ0n) is 9.30. The molecule has 2 rings (SSSR count). The number of aromatic nitrogens is 2. The van der Waals surface area contributed by atoms with Crippen LogP contribution < -0.4 is 10.6 Å². The Hall–Kier alpha value is -2.37. The predicted molar refractivity (Wildman–Crippen MR) is 61.3 cm³/mol. The molecule has 0 unspecified atom stereocenters. The highest BCUT2D eigenvalue weighted by Crippen LogP contribution is 2.04. The number of carbonyl (C=O) groups excluding carboxylic acids is 1. The van der Waals surface area contributed by atoms with Crippen molar-refractivity contribution in [3.63, 3.8) is 0 Å². The molecule has 2 aromatic rings. The minimum Gasteiger partial charge on any atom is -0.424 e. The van der Waals surface area contributed by atoms with Crippen LogP contribution in [0, 0.1) is 6.92 Å². The number of rotatable bonds is 3. The number of hydrogen-bond donors (Lipinski definition) is 2. The first-order chi connectivity index (χ1) is 8.24. The molecule has 1 heterocycles. The summed E-state index contributed by atoms with van der Waals surface area (Å²) in [6.45, 7) is 1.90. The highest BCUT2D eigenvalue weighted by molar-refractivity contribution is 5.88. The third-order valence-electron chi connectivity index (χ3n) is 2.00. The van der Waals surface area contributed by atoms with E-state index in [0.29, 0.717) is 11.8 Å². The van der Waals surface area contributed by atoms with Gasteiger partial charge in [0.1, 0.15) is 0 Å². The first-order valence-corrected chi connectivity index (χ1v) is 5.13. The minimum atomic E-state index is -0.313. The van der Waals surface area contributed by atoms with Crippen molar-refractivity contribution in [2.24, 2.45) is 0 Å². The van der Waals surface area contributed by atoms with Crippen LogP contribution in [0.2, 0.25) is 0 Å². The molecule has 0 aliphatic rings. The molecule has 2 amide bonds. The number of carbonyl (C=O) groups is 1. The van der Waals surface area contributed by atoms with Crippen molar-refractivity contribution < 1.29 is 9.21 Å². The molecule has 0 saturated heterocycles. The number of aryl methyl sites for hydroxylation is 1. The summed E-state index contributed by atoms with van der Waals surface area (Å²) in [6, 6.07) is 8.86. The van der Waals surface area contributed by atoms with Crippen LogP contribution in [0.15, 0.2) is 34.7 Å². The monoisotopic (exact) mass is 232 g/mol. The molecule has 0 spiro atoms. The SMILES string of the molecule is Cc1nnc(CNC(=O)Nc2ccccc2)o1. The third kappa shape index (κ3) is 3.30. The predicted octanol–water partition coefficient (Wildman–Crippen LogP) is 1.70. The topological polar surface area (TPSA) is 80.0 Å². The average molecular weight is 232 g/mol. The van der Waals surface area contributed by atoms with Gasteiger partial charge in [0.05, 0.1) is 6.54 Å². The Balaban J connectivity index is 1.82. The minimum absolute atomic E-state index is 0.208. The van der Waals surface area contributed by atoms with Crippen molar-refractivity contribution in [2.45, 2.75) is 13.5 Å². The molecule has 0 fully saturated rings. The van der Waals surface area contributed by atoms with E-state index in [9.17, 15) is 4.79 Å². The maximum Gasteiger partial charge on any atom is 0.319 e. The second-order valence-electron chi connectivity index (χ2n) is 3.39. The molecule has 88 valence electrons. The zero-order valence-corrected chi connectivity index (χ0v) is 9.30. The van der Waals surface area contributed by atoms with Crippen LogP contribution in [-0.4, -0.2) is 16.2 Å². The van der Waals surface area contributed by atoms with E-state index in [0.717, 1.165) is 5.69 Å². The van der Waals surface area contributed by atoms with Gasteiger partial charge in [-0.3, -0.25) is 0 Å². The van der Waals surface area contributed by atoms with Crippen LogP contribution in [-0.2, 0) is 6.54 Å². The molecule has 2 N–H and O–H groups in total. The van der Waals surface area contributed by atoms with Gasteiger partial charge in [0, 0.05) is 12.6 Å².